The van der Waals surface area contributed by atoms with Crippen molar-refractivity contribution in [1.29, 1.82) is 0 Å². The van der Waals surface area contributed by atoms with Gasteiger partial charge in [0.15, 0.2) is 17.7 Å². The Bertz CT molecular complexity index is 953. The standard InChI is InChI=1S/C21H17Cl2FO6S/c1-11(25)29-21-17(24)18(30-20(27)13-4-8-15(23)9-5-13)16(31-21)10-28-19(26)12-2-6-14(22)7-3-12/h2-9,16-18,21H,10H2,1H3/t16-,17-,18-,21?/m1/s1. The zero-order chi connectivity index (χ0) is 22.5. The molecule has 10 heteroatoms. The molecule has 0 aliphatic carbocycles. The highest BCUT2D eigenvalue weighted by atomic mass is 35.5. The van der Waals surface area contributed by atoms with Gasteiger partial charge in [-0.15, -0.1) is 11.8 Å². The number of hydrogen-bond donors (Lipinski definition) is 0. The highest BCUT2D eigenvalue weighted by Crippen LogP contribution is 2.39. The number of esters is 3. The maximum atomic E-state index is 14.9. The van der Waals surface area contributed by atoms with Gasteiger partial charge in [0, 0.05) is 17.0 Å². The van der Waals surface area contributed by atoms with Crippen LogP contribution in [0.3, 0.4) is 0 Å². The molecule has 0 saturated carbocycles. The van der Waals surface area contributed by atoms with Crippen LogP contribution in [0, 0.1) is 0 Å². The van der Waals surface area contributed by atoms with Gasteiger partial charge in [0.1, 0.15) is 6.61 Å². The van der Waals surface area contributed by atoms with Gasteiger partial charge in [0.05, 0.1) is 16.4 Å². The molecule has 2 aromatic rings. The van der Waals surface area contributed by atoms with Crippen molar-refractivity contribution in [1.82, 2.24) is 0 Å². The van der Waals surface area contributed by atoms with E-state index in [2.05, 4.69) is 0 Å². The molecule has 0 amide bonds. The van der Waals surface area contributed by atoms with E-state index in [1.54, 1.807) is 0 Å². The quantitative estimate of drug-likeness (QED) is 0.431. The largest absolute Gasteiger partial charge is 0.461 e. The fourth-order valence-electron chi connectivity index (χ4n) is 2.82. The smallest absolute Gasteiger partial charge is 0.338 e. The number of ether oxygens (including phenoxy) is 3. The molecule has 0 N–H and O–H groups in total. The van der Waals surface area contributed by atoms with Crippen LogP contribution in [0.4, 0.5) is 4.39 Å². The van der Waals surface area contributed by atoms with Crippen LogP contribution in [0.15, 0.2) is 48.5 Å². The van der Waals surface area contributed by atoms with E-state index in [4.69, 9.17) is 37.4 Å². The van der Waals surface area contributed by atoms with E-state index in [9.17, 15) is 18.8 Å². The van der Waals surface area contributed by atoms with Crippen LogP contribution in [0.2, 0.25) is 10.0 Å². The molecule has 1 aliphatic heterocycles. The Morgan fingerprint density at radius 1 is 0.903 bits per heavy atom. The Hall–Kier alpha value is -2.29. The minimum Gasteiger partial charge on any atom is -0.461 e. The van der Waals surface area contributed by atoms with Gasteiger partial charge in [-0.2, -0.15) is 0 Å². The molecule has 1 heterocycles. The van der Waals surface area contributed by atoms with Gasteiger partial charge < -0.3 is 14.2 Å². The van der Waals surface area contributed by atoms with Crippen molar-refractivity contribution in [2.24, 2.45) is 0 Å². The molecule has 1 unspecified atom stereocenters. The van der Waals surface area contributed by atoms with Gasteiger partial charge in [0.25, 0.3) is 0 Å². The lowest BCUT2D eigenvalue weighted by molar-refractivity contribution is -0.145. The van der Waals surface area contributed by atoms with E-state index >= 15 is 0 Å². The zero-order valence-corrected chi connectivity index (χ0v) is 18.5. The molecule has 1 saturated heterocycles. The highest BCUT2D eigenvalue weighted by molar-refractivity contribution is 8.00. The van der Waals surface area contributed by atoms with E-state index in [1.807, 2.05) is 0 Å². The van der Waals surface area contributed by atoms with Crippen LogP contribution in [0.25, 0.3) is 0 Å². The van der Waals surface area contributed by atoms with Gasteiger partial charge in [0.2, 0.25) is 0 Å². The first-order valence-corrected chi connectivity index (χ1v) is 10.8. The van der Waals surface area contributed by atoms with Crippen LogP contribution in [0.5, 0.6) is 0 Å². The summed E-state index contributed by atoms with van der Waals surface area (Å²) < 4.78 is 30.5. The first-order chi connectivity index (χ1) is 14.7. The van der Waals surface area contributed by atoms with Gasteiger partial charge in [-0.1, -0.05) is 23.2 Å². The SMILES string of the molecule is CC(=O)OC1S[C@H](COC(=O)c2ccc(Cl)cc2)[C@@H](OC(=O)c2ccc(Cl)cc2)[C@H]1F. The predicted molar refractivity (Wildman–Crippen MR) is 114 cm³/mol. The summed E-state index contributed by atoms with van der Waals surface area (Å²) in [5.41, 5.74) is -0.760. The summed E-state index contributed by atoms with van der Waals surface area (Å²) in [6.07, 6.45) is -3.10. The van der Waals surface area contributed by atoms with Crippen molar-refractivity contribution in [3.05, 3.63) is 69.7 Å². The number of rotatable bonds is 6. The molecule has 1 aliphatic rings. The maximum absolute atomic E-state index is 14.9. The molecule has 6 nitrogen and oxygen atoms in total. The van der Waals surface area contributed by atoms with E-state index in [0.29, 0.717) is 10.0 Å². The Morgan fingerprint density at radius 3 is 1.94 bits per heavy atom. The van der Waals surface area contributed by atoms with Crippen LogP contribution in [-0.2, 0) is 19.0 Å². The van der Waals surface area contributed by atoms with Gasteiger partial charge in [-0.05, 0) is 48.5 Å². The minimum atomic E-state index is -1.80. The summed E-state index contributed by atoms with van der Waals surface area (Å²) >= 11 is 12.5. The number of carbonyl (C=O) groups is 3. The van der Waals surface area contributed by atoms with Gasteiger partial charge >= 0.3 is 17.9 Å². The number of carbonyl (C=O) groups excluding carboxylic acids is 3. The lowest BCUT2D eigenvalue weighted by atomic mass is 10.1. The molecule has 2 aromatic carbocycles. The lowest BCUT2D eigenvalue weighted by Gasteiger charge is -2.20. The number of halogens is 3. The summed E-state index contributed by atoms with van der Waals surface area (Å²) in [4.78, 5) is 36.0. The normalized spacial score (nSPS) is 22.6. The summed E-state index contributed by atoms with van der Waals surface area (Å²) in [5.74, 6) is -2.10. The maximum Gasteiger partial charge on any atom is 0.338 e. The molecule has 164 valence electrons. The van der Waals surface area contributed by atoms with Gasteiger partial charge in [-0.3, -0.25) is 4.79 Å². The fraction of sp³-hybridized carbons (Fsp3) is 0.286. The van der Waals surface area contributed by atoms with Crippen molar-refractivity contribution in [2.45, 2.75) is 29.9 Å². The molecule has 3 rings (SSSR count). The van der Waals surface area contributed by atoms with Gasteiger partial charge in [-0.25, -0.2) is 14.0 Å². The summed E-state index contributed by atoms with van der Waals surface area (Å²) in [6.45, 7) is 0.888. The average molecular weight is 487 g/mol. The second-order valence-corrected chi connectivity index (χ2v) is 8.79. The van der Waals surface area contributed by atoms with Crippen molar-refractivity contribution < 1.29 is 33.0 Å². The average Bonchev–Trinajstić information content (AvgIpc) is 3.01. The Morgan fingerprint density at radius 2 is 1.42 bits per heavy atom. The summed E-state index contributed by atoms with van der Waals surface area (Å²) in [6, 6.07) is 11.9. The monoisotopic (exact) mass is 486 g/mol. The highest BCUT2D eigenvalue weighted by Gasteiger charge is 2.49. The number of alkyl halides is 1. The molecular weight excluding hydrogens is 470 g/mol. The second kappa shape index (κ2) is 10.3. The van der Waals surface area contributed by atoms with E-state index < -0.39 is 40.9 Å². The topological polar surface area (TPSA) is 78.9 Å². The first-order valence-electron chi connectivity index (χ1n) is 9.10. The van der Waals surface area contributed by atoms with E-state index in [1.165, 1.54) is 48.5 Å². The lowest BCUT2D eigenvalue weighted by Crippen LogP contribution is -2.37. The molecule has 31 heavy (non-hydrogen) atoms. The van der Waals surface area contributed by atoms with Crippen molar-refractivity contribution >= 4 is 52.9 Å². The molecular formula is C21H17Cl2FO6S. The Kier molecular flexibility index (Phi) is 7.80. The predicted octanol–water partition coefficient (Wildman–Crippen LogP) is 4.72. The third kappa shape index (κ3) is 6.12. The summed E-state index contributed by atoms with van der Waals surface area (Å²) in [7, 11) is 0. The minimum absolute atomic E-state index is 0.175. The van der Waals surface area contributed by atoms with Crippen molar-refractivity contribution in [3.63, 3.8) is 0 Å². The zero-order valence-electron chi connectivity index (χ0n) is 16.1. The third-order valence-electron chi connectivity index (χ3n) is 4.31. The fourth-order valence-corrected chi connectivity index (χ4v) is 4.42. The number of thioether (sulfide) groups is 1. The molecule has 0 radical (unpaired) electrons. The molecule has 0 spiro atoms. The molecule has 0 aromatic heterocycles. The van der Waals surface area contributed by atoms with Crippen LogP contribution in [0.1, 0.15) is 27.6 Å². The second-order valence-electron chi connectivity index (χ2n) is 6.58. The van der Waals surface area contributed by atoms with Crippen LogP contribution < -0.4 is 0 Å². The third-order valence-corrected chi connectivity index (χ3v) is 6.20. The molecule has 1 fully saturated rings. The molecule has 4 atom stereocenters. The summed E-state index contributed by atoms with van der Waals surface area (Å²) in [5, 5.41) is 0.103. The van der Waals surface area contributed by atoms with E-state index in [-0.39, 0.29) is 17.7 Å². The van der Waals surface area contributed by atoms with Crippen molar-refractivity contribution in [3.8, 4) is 0 Å². The number of benzene rings is 2. The van der Waals surface area contributed by atoms with E-state index in [0.717, 1.165) is 18.7 Å². The first kappa shape index (κ1) is 23.4. The molecule has 0 bridgehead atoms. The van der Waals surface area contributed by atoms with Crippen molar-refractivity contribution in [2.75, 3.05) is 6.61 Å². The Labute approximate surface area is 191 Å². The van der Waals surface area contributed by atoms with Crippen LogP contribution >= 0.6 is 35.0 Å². The number of hydrogen-bond acceptors (Lipinski definition) is 7. The van der Waals surface area contributed by atoms with Crippen LogP contribution in [-0.4, -0.2) is 47.5 Å². The Balaban J connectivity index is 1.70.